The normalized spacial score (nSPS) is 10.2. The number of carbonyl (C=O) groups excluding carboxylic acids is 1. The van der Waals surface area contributed by atoms with Crippen LogP contribution in [0, 0.1) is 6.92 Å². The van der Waals surface area contributed by atoms with Crippen LogP contribution in [-0.2, 0) is 7.05 Å². The molecule has 0 saturated heterocycles. The molecule has 1 aromatic heterocycles. The summed E-state index contributed by atoms with van der Waals surface area (Å²) in [7, 11) is 1.78. The zero-order valence-corrected chi connectivity index (χ0v) is 15.2. The van der Waals surface area contributed by atoms with Crippen molar-refractivity contribution in [3.05, 3.63) is 72.1 Å². The summed E-state index contributed by atoms with van der Waals surface area (Å²) >= 11 is 5.21. The standard InChI is InChI=1S/C19H18N4O2S/c1-13-11-17(22-23(13)2)18(24)21-19(26)20-14-7-6-10-16(12-14)25-15-8-4-3-5-9-15/h3-12H,1-2H3,(H2,20,21,24,26). The van der Waals surface area contributed by atoms with Crippen LogP contribution >= 0.6 is 12.2 Å². The molecular formula is C19H18N4O2S. The Morgan fingerprint density at radius 3 is 2.50 bits per heavy atom. The first-order chi connectivity index (χ1) is 12.5. The van der Waals surface area contributed by atoms with Crippen molar-refractivity contribution >= 4 is 28.9 Å². The summed E-state index contributed by atoms with van der Waals surface area (Å²) in [5.41, 5.74) is 1.91. The van der Waals surface area contributed by atoms with E-state index in [1.807, 2.05) is 55.5 Å². The summed E-state index contributed by atoms with van der Waals surface area (Å²) in [5.74, 6) is 1.05. The zero-order valence-electron chi connectivity index (χ0n) is 14.4. The Morgan fingerprint density at radius 1 is 1.08 bits per heavy atom. The molecule has 26 heavy (non-hydrogen) atoms. The molecule has 2 aromatic carbocycles. The van der Waals surface area contributed by atoms with Gasteiger partial charge in [0.2, 0.25) is 0 Å². The molecule has 0 unspecified atom stereocenters. The van der Waals surface area contributed by atoms with Gasteiger partial charge in [-0.2, -0.15) is 5.10 Å². The fraction of sp³-hybridized carbons (Fsp3) is 0.105. The van der Waals surface area contributed by atoms with Crippen LogP contribution in [0.2, 0.25) is 0 Å². The summed E-state index contributed by atoms with van der Waals surface area (Å²) < 4.78 is 7.42. The van der Waals surface area contributed by atoms with Crippen LogP contribution in [0.5, 0.6) is 11.5 Å². The molecule has 132 valence electrons. The van der Waals surface area contributed by atoms with E-state index in [0.29, 0.717) is 17.1 Å². The van der Waals surface area contributed by atoms with Gasteiger partial charge in [-0.1, -0.05) is 24.3 Å². The van der Waals surface area contributed by atoms with Crippen molar-refractivity contribution in [3.63, 3.8) is 0 Å². The highest BCUT2D eigenvalue weighted by atomic mass is 32.1. The predicted octanol–water partition coefficient (Wildman–Crippen LogP) is 3.65. The van der Waals surface area contributed by atoms with E-state index in [0.717, 1.165) is 11.4 Å². The Labute approximate surface area is 156 Å². The number of aryl methyl sites for hydroxylation is 2. The van der Waals surface area contributed by atoms with Crippen LogP contribution in [0.25, 0.3) is 0 Å². The minimum absolute atomic E-state index is 0.190. The Balaban J connectivity index is 1.62. The number of amides is 1. The van der Waals surface area contributed by atoms with Gasteiger partial charge < -0.3 is 10.1 Å². The van der Waals surface area contributed by atoms with Gasteiger partial charge in [0.05, 0.1) is 0 Å². The smallest absolute Gasteiger partial charge is 0.277 e. The van der Waals surface area contributed by atoms with E-state index in [1.54, 1.807) is 23.9 Å². The molecule has 0 aliphatic rings. The van der Waals surface area contributed by atoms with Gasteiger partial charge >= 0.3 is 0 Å². The molecule has 0 atom stereocenters. The predicted molar refractivity (Wildman–Crippen MR) is 105 cm³/mol. The number of nitrogens with one attached hydrogen (secondary N) is 2. The lowest BCUT2D eigenvalue weighted by Gasteiger charge is -2.11. The molecule has 2 N–H and O–H groups in total. The highest BCUT2D eigenvalue weighted by Gasteiger charge is 2.12. The number of aromatic nitrogens is 2. The lowest BCUT2D eigenvalue weighted by molar-refractivity contribution is 0.0972. The number of rotatable bonds is 4. The third-order valence-corrected chi connectivity index (χ3v) is 3.85. The maximum Gasteiger partial charge on any atom is 0.277 e. The van der Waals surface area contributed by atoms with Crippen molar-refractivity contribution in [3.8, 4) is 11.5 Å². The summed E-state index contributed by atoms with van der Waals surface area (Å²) in [4.78, 5) is 12.2. The molecule has 1 heterocycles. The number of hydrogen-bond acceptors (Lipinski definition) is 4. The van der Waals surface area contributed by atoms with Crippen molar-refractivity contribution in [2.45, 2.75) is 6.92 Å². The molecule has 1 amide bonds. The molecule has 0 aliphatic carbocycles. The van der Waals surface area contributed by atoms with E-state index in [-0.39, 0.29) is 11.0 Å². The molecule has 0 saturated carbocycles. The zero-order chi connectivity index (χ0) is 18.5. The Kier molecular flexibility index (Phi) is 5.28. The first kappa shape index (κ1) is 17.6. The molecule has 0 fully saturated rings. The number of benzene rings is 2. The number of para-hydroxylation sites is 1. The van der Waals surface area contributed by atoms with Gasteiger partial charge in [0.15, 0.2) is 10.8 Å². The minimum Gasteiger partial charge on any atom is -0.457 e. The van der Waals surface area contributed by atoms with Gasteiger partial charge in [-0.3, -0.25) is 14.8 Å². The molecule has 0 radical (unpaired) electrons. The van der Waals surface area contributed by atoms with Gasteiger partial charge in [-0.15, -0.1) is 0 Å². The number of hydrogen-bond donors (Lipinski definition) is 2. The van der Waals surface area contributed by atoms with Gasteiger partial charge in [0.25, 0.3) is 5.91 Å². The molecule has 3 rings (SSSR count). The van der Waals surface area contributed by atoms with E-state index in [4.69, 9.17) is 17.0 Å². The Hall–Kier alpha value is -3.19. The fourth-order valence-corrected chi connectivity index (χ4v) is 2.47. The second-order valence-electron chi connectivity index (χ2n) is 5.65. The van der Waals surface area contributed by atoms with Gasteiger partial charge in [0, 0.05) is 24.5 Å². The number of carbonyl (C=O) groups is 1. The highest BCUT2D eigenvalue weighted by Crippen LogP contribution is 2.23. The summed E-state index contributed by atoms with van der Waals surface area (Å²) in [5, 5.41) is 9.91. The molecule has 0 spiro atoms. The SMILES string of the molecule is Cc1cc(C(=O)NC(=S)Nc2cccc(Oc3ccccc3)c2)nn1C. The number of thiocarbonyl (C=S) groups is 1. The van der Waals surface area contributed by atoms with Crippen LogP contribution in [0.15, 0.2) is 60.7 Å². The third-order valence-electron chi connectivity index (χ3n) is 3.64. The van der Waals surface area contributed by atoms with Gasteiger partial charge in [0.1, 0.15) is 11.5 Å². The van der Waals surface area contributed by atoms with E-state index >= 15 is 0 Å². The molecule has 0 bridgehead atoms. The molecule has 3 aromatic rings. The molecule has 6 nitrogen and oxygen atoms in total. The summed E-state index contributed by atoms with van der Waals surface area (Å²) in [6, 6.07) is 18.5. The number of nitrogens with zero attached hydrogens (tertiary/aromatic N) is 2. The highest BCUT2D eigenvalue weighted by molar-refractivity contribution is 7.80. The van der Waals surface area contributed by atoms with Crippen molar-refractivity contribution in [2.24, 2.45) is 7.05 Å². The second-order valence-corrected chi connectivity index (χ2v) is 6.05. The largest absolute Gasteiger partial charge is 0.457 e. The van der Waals surface area contributed by atoms with Crippen LogP contribution in [0.3, 0.4) is 0 Å². The quantitative estimate of drug-likeness (QED) is 0.690. The maximum absolute atomic E-state index is 12.2. The second kappa shape index (κ2) is 7.79. The van der Waals surface area contributed by atoms with E-state index < -0.39 is 0 Å². The van der Waals surface area contributed by atoms with Crippen LogP contribution < -0.4 is 15.4 Å². The van der Waals surface area contributed by atoms with Crippen LogP contribution in [-0.4, -0.2) is 20.8 Å². The van der Waals surface area contributed by atoms with Gasteiger partial charge in [-0.05, 0) is 49.5 Å². The van der Waals surface area contributed by atoms with Crippen LogP contribution in [0.1, 0.15) is 16.2 Å². The van der Waals surface area contributed by atoms with Crippen molar-refractivity contribution in [1.82, 2.24) is 15.1 Å². The Bertz CT molecular complexity index is 918. The fourth-order valence-electron chi connectivity index (χ4n) is 2.26. The van der Waals surface area contributed by atoms with Gasteiger partial charge in [-0.25, -0.2) is 0 Å². The first-order valence-corrected chi connectivity index (χ1v) is 8.38. The maximum atomic E-state index is 12.2. The Morgan fingerprint density at radius 2 is 1.81 bits per heavy atom. The lowest BCUT2D eigenvalue weighted by atomic mass is 10.3. The lowest BCUT2D eigenvalue weighted by Crippen LogP contribution is -2.34. The van der Waals surface area contributed by atoms with Crippen molar-refractivity contribution < 1.29 is 9.53 Å². The van der Waals surface area contributed by atoms with Crippen LogP contribution in [0.4, 0.5) is 5.69 Å². The van der Waals surface area contributed by atoms with E-state index in [2.05, 4.69) is 15.7 Å². The van der Waals surface area contributed by atoms with Crippen molar-refractivity contribution in [2.75, 3.05) is 5.32 Å². The molecular weight excluding hydrogens is 348 g/mol. The minimum atomic E-state index is -0.358. The molecule has 0 aliphatic heterocycles. The number of anilines is 1. The molecule has 7 heteroatoms. The first-order valence-electron chi connectivity index (χ1n) is 7.97. The number of ether oxygens (including phenoxy) is 1. The van der Waals surface area contributed by atoms with E-state index in [1.165, 1.54) is 0 Å². The van der Waals surface area contributed by atoms with Crippen molar-refractivity contribution in [1.29, 1.82) is 0 Å². The summed E-state index contributed by atoms with van der Waals surface area (Å²) in [6.07, 6.45) is 0. The third kappa shape index (κ3) is 4.46. The average Bonchev–Trinajstić information content (AvgIpc) is 2.95. The summed E-state index contributed by atoms with van der Waals surface area (Å²) in [6.45, 7) is 1.87. The average molecular weight is 366 g/mol. The monoisotopic (exact) mass is 366 g/mol. The van der Waals surface area contributed by atoms with E-state index in [9.17, 15) is 4.79 Å². The topological polar surface area (TPSA) is 68.2 Å².